The minimum atomic E-state index is -0.823. The van der Waals surface area contributed by atoms with E-state index in [2.05, 4.69) is 15.6 Å². The fraction of sp³-hybridized carbons (Fsp3) is 0.360. The number of nitrogens with one attached hydrogen (secondary N) is 3. The lowest BCUT2D eigenvalue weighted by Crippen LogP contribution is -2.49. The van der Waals surface area contributed by atoms with Crippen molar-refractivity contribution in [3.05, 3.63) is 59.8 Å². The first-order valence-corrected chi connectivity index (χ1v) is 11.0. The first kappa shape index (κ1) is 22.5. The van der Waals surface area contributed by atoms with Crippen LogP contribution in [-0.2, 0) is 22.5 Å². The molecule has 0 radical (unpaired) electrons. The predicted molar refractivity (Wildman–Crippen MR) is 124 cm³/mol. The van der Waals surface area contributed by atoms with Gasteiger partial charge in [0.2, 0.25) is 5.91 Å². The van der Waals surface area contributed by atoms with Crippen LogP contribution in [0.4, 0.5) is 4.79 Å². The fourth-order valence-corrected chi connectivity index (χ4v) is 3.76. The normalized spacial score (nSPS) is 13.9. The highest BCUT2D eigenvalue weighted by molar-refractivity contribution is 5.88. The molecule has 1 atom stereocenters. The number of aromatic amines is 1. The van der Waals surface area contributed by atoms with Crippen molar-refractivity contribution in [2.45, 2.75) is 45.4 Å². The summed E-state index contributed by atoms with van der Waals surface area (Å²) < 4.78 is 16.7. The molecule has 1 aliphatic rings. The Kier molecular flexibility index (Phi) is 6.44. The van der Waals surface area contributed by atoms with Crippen molar-refractivity contribution in [3.63, 3.8) is 0 Å². The first-order valence-electron chi connectivity index (χ1n) is 11.0. The van der Waals surface area contributed by atoms with E-state index in [-0.39, 0.29) is 12.5 Å². The minimum Gasteiger partial charge on any atom is -0.486 e. The van der Waals surface area contributed by atoms with E-state index >= 15 is 0 Å². The van der Waals surface area contributed by atoms with Crippen LogP contribution in [0.3, 0.4) is 0 Å². The number of rotatable bonds is 6. The monoisotopic (exact) mass is 451 g/mol. The Morgan fingerprint density at radius 3 is 2.67 bits per heavy atom. The molecule has 2 aromatic carbocycles. The van der Waals surface area contributed by atoms with Crippen LogP contribution >= 0.6 is 0 Å². The Hall–Kier alpha value is -3.68. The smallest absolute Gasteiger partial charge is 0.408 e. The zero-order valence-corrected chi connectivity index (χ0v) is 19.1. The molecule has 3 N–H and O–H groups in total. The summed E-state index contributed by atoms with van der Waals surface area (Å²) in [5.74, 6) is 0.980. The number of hydrogen-bond donors (Lipinski definition) is 3. The zero-order chi connectivity index (χ0) is 23.4. The first-order chi connectivity index (χ1) is 15.8. The van der Waals surface area contributed by atoms with Crippen molar-refractivity contribution >= 4 is 22.9 Å². The van der Waals surface area contributed by atoms with Gasteiger partial charge in [-0.1, -0.05) is 30.3 Å². The number of aromatic nitrogens is 1. The maximum atomic E-state index is 13.2. The van der Waals surface area contributed by atoms with E-state index < -0.39 is 17.7 Å². The Morgan fingerprint density at radius 2 is 1.85 bits per heavy atom. The molecule has 8 heteroatoms. The Labute approximate surface area is 192 Å². The van der Waals surface area contributed by atoms with Crippen LogP contribution < -0.4 is 20.1 Å². The van der Waals surface area contributed by atoms with Crippen LogP contribution in [0.1, 0.15) is 31.9 Å². The lowest BCUT2D eigenvalue weighted by molar-refractivity contribution is -0.123. The predicted octanol–water partition coefficient (Wildman–Crippen LogP) is 3.69. The summed E-state index contributed by atoms with van der Waals surface area (Å²) in [5, 5.41) is 6.66. The third-order valence-corrected chi connectivity index (χ3v) is 5.21. The summed E-state index contributed by atoms with van der Waals surface area (Å²) >= 11 is 0. The summed E-state index contributed by atoms with van der Waals surface area (Å²) in [5.41, 5.74) is 2.03. The molecular weight excluding hydrogens is 422 g/mol. The molecule has 174 valence electrons. The molecule has 0 spiro atoms. The number of hydrogen-bond acceptors (Lipinski definition) is 5. The average molecular weight is 452 g/mol. The second-order valence-corrected chi connectivity index (χ2v) is 8.92. The third kappa shape index (κ3) is 5.58. The summed E-state index contributed by atoms with van der Waals surface area (Å²) in [4.78, 5) is 28.9. The number of benzene rings is 2. The lowest BCUT2D eigenvalue weighted by atomic mass is 10.0. The van der Waals surface area contributed by atoms with Crippen LogP contribution in [0, 0.1) is 0 Å². The Balaban J connectivity index is 1.51. The van der Waals surface area contributed by atoms with Crippen molar-refractivity contribution in [2.75, 3.05) is 13.2 Å². The lowest BCUT2D eigenvalue weighted by Gasteiger charge is -2.24. The fourth-order valence-electron chi connectivity index (χ4n) is 3.76. The van der Waals surface area contributed by atoms with Crippen molar-refractivity contribution in [3.8, 4) is 11.5 Å². The van der Waals surface area contributed by atoms with Crippen molar-refractivity contribution in [1.29, 1.82) is 0 Å². The number of ether oxygens (including phenoxy) is 3. The quantitative estimate of drug-likeness (QED) is 0.531. The molecule has 0 aliphatic carbocycles. The molecule has 4 rings (SSSR count). The van der Waals surface area contributed by atoms with Gasteiger partial charge in [0.05, 0.1) is 0 Å². The number of H-pyrrole nitrogens is 1. The molecular formula is C25H29N3O5. The van der Waals surface area contributed by atoms with Gasteiger partial charge in [-0.25, -0.2) is 4.79 Å². The van der Waals surface area contributed by atoms with Gasteiger partial charge in [-0.3, -0.25) is 4.79 Å². The molecule has 0 fully saturated rings. The van der Waals surface area contributed by atoms with Crippen molar-refractivity contribution < 1.29 is 23.8 Å². The third-order valence-electron chi connectivity index (χ3n) is 5.21. The van der Waals surface area contributed by atoms with E-state index in [1.807, 2.05) is 48.7 Å². The molecule has 3 aromatic rings. The van der Waals surface area contributed by atoms with Gasteiger partial charge < -0.3 is 29.8 Å². The summed E-state index contributed by atoms with van der Waals surface area (Å²) in [7, 11) is 0. The van der Waals surface area contributed by atoms with Gasteiger partial charge in [-0.2, -0.15) is 0 Å². The van der Waals surface area contributed by atoms with Crippen LogP contribution in [0.5, 0.6) is 11.5 Å². The van der Waals surface area contributed by atoms with Gasteiger partial charge in [-0.15, -0.1) is 0 Å². The number of carbonyl (C=O) groups excluding carboxylic acids is 2. The Bertz CT molecular complexity index is 1150. The zero-order valence-electron chi connectivity index (χ0n) is 19.1. The summed E-state index contributed by atoms with van der Waals surface area (Å²) in [6.07, 6.45) is 1.53. The maximum absolute atomic E-state index is 13.2. The summed E-state index contributed by atoms with van der Waals surface area (Å²) in [6, 6.07) is 12.6. The highest BCUT2D eigenvalue weighted by Crippen LogP contribution is 2.33. The molecule has 33 heavy (non-hydrogen) atoms. The molecule has 0 saturated heterocycles. The summed E-state index contributed by atoms with van der Waals surface area (Å²) in [6.45, 7) is 6.54. The Morgan fingerprint density at radius 1 is 1.06 bits per heavy atom. The SMILES string of the molecule is CC(C)(C)OC(=O)N[C@H](Cc1c[nH]c2ccccc12)C(=O)NCc1cccc2c1OCCO2. The van der Waals surface area contributed by atoms with Crippen LogP contribution in [0.25, 0.3) is 10.9 Å². The van der Waals surface area contributed by atoms with Gasteiger partial charge in [0.25, 0.3) is 0 Å². The largest absolute Gasteiger partial charge is 0.486 e. The van der Waals surface area contributed by atoms with Crippen LogP contribution in [-0.4, -0.2) is 41.8 Å². The molecule has 0 unspecified atom stereocenters. The molecule has 1 aliphatic heterocycles. The molecule has 1 aromatic heterocycles. The van der Waals surface area contributed by atoms with E-state index in [9.17, 15) is 9.59 Å². The van der Waals surface area contributed by atoms with Gasteiger partial charge in [0.1, 0.15) is 24.9 Å². The minimum absolute atomic E-state index is 0.242. The second kappa shape index (κ2) is 9.44. The van der Waals surface area contributed by atoms with Crippen molar-refractivity contribution in [2.24, 2.45) is 0 Å². The number of amides is 2. The number of alkyl carbamates (subject to hydrolysis) is 1. The van der Waals surface area contributed by atoms with Gasteiger partial charge in [0, 0.05) is 35.6 Å². The molecule has 2 amide bonds. The van der Waals surface area contributed by atoms with E-state index in [4.69, 9.17) is 14.2 Å². The highest BCUT2D eigenvalue weighted by atomic mass is 16.6. The molecule has 2 heterocycles. The van der Waals surface area contributed by atoms with Gasteiger partial charge in [0.15, 0.2) is 11.5 Å². The topological polar surface area (TPSA) is 102 Å². The molecule has 0 saturated carbocycles. The van der Waals surface area contributed by atoms with Gasteiger partial charge >= 0.3 is 6.09 Å². The van der Waals surface area contributed by atoms with Crippen molar-refractivity contribution in [1.82, 2.24) is 15.6 Å². The standard InChI is InChI=1S/C25H29N3O5/c1-25(2,3)33-24(30)28-20(13-17-15-26-19-9-5-4-8-18(17)19)23(29)27-14-16-7-6-10-21-22(16)32-12-11-31-21/h4-10,15,20,26H,11-14H2,1-3H3,(H,27,29)(H,28,30)/t20-/m1/s1. The van der Waals surface area contributed by atoms with E-state index in [1.165, 1.54) is 0 Å². The number of fused-ring (bicyclic) bond motifs is 2. The van der Waals surface area contributed by atoms with Gasteiger partial charge in [-0.05, 0) is 38.5 Å². The average Bonchev–Trinajstić information content (AvgIpc) is 3.18. The highest BCUT2D eigenvalue weighted by Gasteiger charge is 2.26. The van der Waals surface area contributed by atoms with Crippen LogP contribution in [0.15, 0.2) is 48.7 Å². The maximum Gasteiger partial charge on any atom is 0.408 e. The van der Waals surface area contributed by atoms with E-state index in [0.717, 1.165) is 22.0 Å². The molecule has 8 nitrogen and oxygen atoms in total. The molecule has 0 bridgehead atoms. The van der Waals surface area contributed by atoms with E-state index in [0.29, 0.717) is 31.1 Å². The number of para-hydroxylation sites is 2. The second-order valence-electron chi connectivity index (χ2n) is 8.92. The van der Waals surface area contributed by atoms with E-state index in [1.54, 1.807) is 20.8 Å². The van der Waals surface area contributed by atoms with Crippen LogP contribution in [0.2, 0.25) is 0 Å². The number of carbonyl (C=O) groups is 2.